The van der Waals surface area contributed by atoms with Crippen LogP contribution in [0.15, 0.2) is 66.2 Å². The van der Waals surface area contributed by atoms with Crippen LogP contribution in [0.5, 0.6) is 0 Å². The maximum absolute atomic E-state index is 2.62. The molecule has 156 valence electrons. The van der Waals surface area contributed by atoms with E-state index < -0.39 is 20.4 Å². The van der Waals surface area contributed by atoms with Crippen molar-refractivity contribution in [3.63, 3.8) is 0 Å². The topological polar surface area (TPSA) is 0 Å². The molecular weight excluding hydrogens is 468 g/mol. The molecule has 0 bridgehead atoms. The Balaban J connectivity index is 1.76. The Labute approximate surface area is 195 Å². The second kappa shape index (κ2) is 8.13. The van der Waals surface area contributed by atoms with Crippen LogP contribution >= 0.6 is 0 Å². The van der Waals surface area contributed by atoms with Crippen LogP contribution in [0.25, 0.3) is 17.2 Å². The first-order valence-electron chi connectivity index (χ1n) is 11.6. The molecule has 0 amide bonds. The van der Waals surface area contributed by atoms with Gasteiger partial charge in [0, 0.05) is 0 Å². The Kier molecular flexibility index (Phi) is 5.60. The summed E-state index contributed by atoms with van der Waals surface area (Å²) in [6.07, 6.45) is 2.57. The van der Waals surface area contributed by atoms with Crippen LogP contribution < -0.4 is 0 Å². The van der Waals surface area contributed by atoms with E-state index in [-0.39, 0.29) is 5.43 Å². The van der Waals surface area contributed by atoms with Gasteiger partial charge in [-0.2, -0.15) is 0 Å². The summed E-state index contributed by atoms with van der Waals surface area (Å²) in [5.41, 5.74) is 13.8. The number of hydrogen-bond acceptors (Lipinski definition) is 0. The fourth-order valence-electron chi connectivity index (χ4n) is 5.98. The molecule has 0 saturated carbocycles. The van der Waals surface area contributed by atoms with Gasteiger partial charge in [0.2, 0.25) is 0 Å². The van der Waals surface area contributed by atoms with E-state index in [1.165, 1.54) is 16.7 Å². The summed E-state index contributed by atoms with van der Waals surface area (Å²) < 4.78 is 1.39. The molecule has 0 aliphatic heterocycles. The van der Waals surface area contributed by atoms with Crippen LogP contribution in [-0.2, 0) is 20.4 Å². The molecule has 0 fully saturated rings. The van der Waals surface area contributed by atoms with E-state index in [9.17, 15) is 0 Å². The van der Waals surface area contributed by atoms with Crippen LogP contribution in [0, 0.1) is 6.92 Å². The third-order valence-corrected chi connectivity index (χ3v) is 26.8. The molecular formula is C29H32SiZr. The minimum absolute atomic E-state index is 0.390. The molecule has 0 nitrogen and oxygen atoms in total. The number of allylic oxidation sites excluding steroid dienone is 1. The van der Waals surface area contributed by atoms with Crippen molar-refractivity contribution in [3.8, 4) is 11.1 Å². The zero-order valence-electron chi connectivity index (χ0n) is 19.6. The molecule has 1 unspecified atom stereocenters. The van der Waals surface area contributed by atoms with Crippen molar-refractivity contribution in [2.75, 3.05) is 0 Å². The van der Waals surface area contributed by atoms with E-state index in [1.807, 2.05) is 0 Å². The molecule has 2 heteroatoms. The molecule has 2 aliphatic carbocycles. The number of hydrogen-bond donors (Lipinski definition) is 0. The maximum atomic E-state index is 2.62. The number of rotatable bonds is 3. The minimum atomic E-state index is -2.00. The summed E-state index contributed by atoms with van der Waals surface area (Å²) in [7, 11) is 0. The van der Waals surface area contributed by atoms with Gasteiger partial charge in [-0.3, -0.25) is 0 Å². The van der Waals surface area contributed by atoms with Crippen molar-refractivity contribution in [1.29, 1.82) is 0 Å². The first-order chi connectivity index (χ1) is 14.9. The van der Waals surface area contributed by atoms with Crippen molar-refractivity contribution < 1.29 is 20.4 Å². The van der Waals surface area contributed by atoms with Crippen LogP contribution in [0.1, 0.15) is 67.3 Å². The van der Waals surface area contributed by atoms with Crippen LogP contribution in [0.2, 0.25) is 13.1 Å². The third-order valence-electron chi connectivity index (χ3n) is 7.31. The standard InChI is InChI=1S/C14H17.C13H9.C2H6Si.Zr/c1-9(2)12-6-5-11(4)13-7-10(3)8-14(12)13;1-3-7-12-10(5-1)9-11-6-2-4-8-13(11)12;1-3-2;/h5-9H,1-4H3;1-9H;1-2H3;. The van der Waals surface area contributed by atoms with Gasteiger partial charge in [0.15, 0.2) is 0 Å². The summed E-state index contributed by atoms with van der Waals surface area (Å²) in [6, 6.07) is 23.4. The quantitative estimate of drug-likeness (QED) is 0.318. The Hall–Kier alpha value is -1.50. The van der Waals surface area contributed by atoms with E-state index in [1.54, 1.807) is 33.4 Å². The number of benzene rings is 3. The molecule has 1 atom stereocenters. The molecule has 0 aromatic heterocycles. The van der Waals surface area contributed by atoms with E-state index in [2.05, 4.69) is 108 Å². The average molecular weight is 500 g/mol. The van der Waals surface area contributed by atoms with Gasteiger partial charge < -0.3 is 0 Å². The van der Waals surface area contributed by atoms with Crippen molar-refractivity contribution in [1.82, 2.24) is 0 Å². The number of fused-ring (bicyclic) bond motifs is 4. The Morgan fingerprint density at radius 1 is 0.774 bits per heavy atom. The van der Waals surface area contributed by atoms with Gasteiger partial charge >= 0.3 is 197 Å². The van der Waals surface area contributed by atoms with Crippen molar-refractivity contribution in [2.24, 2.45) is 0 Å². The normalized spacial score (nSPS) is 16.7. The van der Waals surface area contributed by atoms with Crippen LogP contribution in [0.3, 0.4) is 0 Å². The SMILES string of the molecule is CC1=Cc2c(C(C)C)ccc(C)c2[CH]1[Zr]([CH]1c2ccccc2-c2ccccc21)=[Si](C)C. The van der Waals surface area contributed by atoms with Gasteiger partial charge in [-0.15, -0.1) is 0 Å². The summed E-state index contributed by atoms with van der Waals surface area (Å²) in [6.45, 7) is 14.7. The Morgan fingerprint density at radius 3 is 1.90 bits per heavy atom. The first-order valence-corrected chi connectivity index (χ1v) is 20.6. The Morgan fingerprint density at radius 2 is 1.35 bits per heavy atom. The van der Waals surface area contributed by atoms with E-state index in [0.29, 0.717) is 13.2 Å². The van der Waals surface area contributed by atoms with Crippen molar-refractivity contribution in [3.05, 3.63) is 99.6 Å². The molecule has 0 heterocycles. The molecule has 3 aromatic carbocycles. The second-order valence-electron chi connectivity index (χ2n) is 9.84. The molecule has 5 rings (SSSR count). The summed E-state index contributed by atoms with van der Waals surface area (Å²) in [4.78, 5) is 0. The summed E-state index contributed by atoms with van der Waals surface area (Å²) in [5, 5.41) is 0. The third kappa shape index (κ3) is 3.33. The summed E-state index contributed by atoms with van der Waals surface area (Å²) in [5.74, 6) is 0.574. The van der Waals surface area contributed by atoms with Crippen molar-refractivity contribution >= 4 is 11.5 Å². The fourth-order valence-corrected chi connectivity index (χ4v) is 26.5. The first kappa shape index (κ1) is 21.4. The van der Waals surface area contributed by atoms with Crippen LogP contribution in [0.4, 0.5) is 0 Å². The van der Waals surface area contributed by atoms with Crippen LogP contribution in [-0.4, -0.2) is 5.43 Å². The zero-order chi connectivity index (χ0) is 21.9. The molecule has 2 aliphatic rings. The van der Waals surface area contributed by atoms with E-state index in [0.717, 1.165) is 0 Å². The molecule has 0 spiro atoms. The number of aryl methyl sites for hydroxylation is 1. The predicted octanol–water partition coefficient (Wildman–Crippen LogP) is 8.22. The molecule has 0 N–H and O–H groups in total. The monoisotopic (exact) mass is 498 g/mol. The molecule has 3 aromatic rings. The van der Waals surface area contributed by atoms with Gasteiger partial charge in [0.1, 0.15) is 0 Å². The van der Waals surface area contributed by atoms with E-state index in [4.69, 9.17) is 0 Å². The van der Waals surface area contributed by atoms with Gasteiger partial charge in [0.05, 0.1) is 0 Å². The Bertz CT molecular complexity index is 1210. The fraction of sp³-hybridized carbons (Fsp3) is 0.310. The van der Waals surface area contributed by atoms with E-state index >= 15 is 0 Å². The molecule has 31 heavy (non-hydrogen) atoms. The van der Waals surface area contributed by atoms with Gasteiger partial charge in [-0.25, -0.2) is 0 Å². The molecule has 0 saturated heterocycles. The van der Waals surface area contributed by atoms with Gasteiger partial charge in [-0.1, -0.05) is 0 Å². The summed E-state index contributed by atoms with van der Waals surface area (Å²) >= 11 is -2.00. The van der Waals surface area contributed by atoms with Gasteiger partial charge in [-0.05, 0) is 0 Å². The molecule has 0 radical (unpaired) electrons. The predicted molar refractivity (Wildman–Crippen MR) is 133 cm³/mol. The van der Waals surface area contributed by atoms with Crippen molar-refractivity contribution in [2.45, 2.75) is 54.0 Å². The second-order valence-corrected chi connectivity index (χ2v) is 27.7. The zero-order valence-corrected chi connectivity index (χ0v) is 23.0. The van der Waals surface area contributed by atoms with Gasteiger partial charge in [0.25, 0.3) is 0 Å². The average Bonchev–Trinajstić information content (AvgIpc) is 3.25.